The van der Waals surface area contributed by atoms with E-state index >= 15 is 0 Å². The summed E-state index contributed by atoms with van der Waals surface area (Å²) in [6.45, 7) is 6.21. The number of ether oxygens (including phenoxy) is 1. The minimum Gasteiger partial charge on any atom is -0.388 e. The van der Waals surface area contributed by atoms with Crippen molar-refractivity contribution in [3.05, 3.63) is 18.6 Å². The Morgan fingerprint density at radius 3 is 2.68 bits per heavy atom. The maximum absolute atomic E-state index is 10.4. The van der Waals surface area contributed by atoms with Gasteiger partial charge in [-0.2, -0.15) is 0 Å². The Bertz CT molecular complexity index is 679. The number of nitrogens with zero attached hydrogens (tertiary/aromatic N) is 3. The summed E-state index contributed by atoms with van der Waals surface area (Å²) in [6.07, 6.45) is 0.743. The molecule has 3 heterocycles. The first-order valence-electron chi connectivity index (χ1n) is 7.36. The van der Waals surface area contributed by atoms with Crippen molar-refractivity contribution >= 4 is 16.9 Å². The van der Waals surface area contributed by atoms with Crippen LogP contribution in [-0.2, 0) is 4.74 Å². The van der Waals surface area contributed by atoms with Crippen molar-refractivity contribution in [1.82, 2.24) is 14.5 Å². The predicted molar refractivity (Wildman–Crippen MR) is 81.9 cm³/mol. The van der Waals surface area contributed by atoms with Crippen LogP contribution in [0.25, 0.3) is 11.0 Å². The Kier molecular flexibility index (Phi) is 3.58. The number of anilines is 1. The Morgan fingerprint density at radius 1 is 1.27 bits per heavy atom. The monoisotopic (exact) mass is 306 g/mol. The molecule has 0 unspecified atom stereocenters. The topological polar surface area (TPSA) is 106 Å². The average Bonchev–Trinajstić information content (AvgIpc) is 2.95. The van der Waals surface area contributed by atoms with Gasteiger partial charge in [-0.25, -0.2) is 9.97 Å². The van der Waals surface area contributed by atoms with E-state index in [1.807, 2.05) is 0 Å². The van der Waals surface area contributed by atoms with Gasteiger partial charge in [0.2, 0.25) is 0 Å². The van der Waals surface area contributed by atoms with Crippen LogP contribution in [-0.4, -0.2) is 43.1 Å². The zero-order valence-corrected chi connectivity index (χ0v) is 13.0. The number of aromatic nitrogens is 3. The number of imidazole rings is 1. The highest BCUT2D eigenvalue weighted by Crippen LogP contribution is 2.37. The lowest BCUT2D eigenvalue weighted by Crippen LogP contribution is -2.33. The molecule has 7 nitrogen and oxygen atoms in total. The van der Waals surface area contributed by atoms with E-state index in [-0.39, 0.29) is 5.41 Å². The van der Waals surface area contributed by atoms with Crippen LogP contribution < -0.4 is 5.73 Å². The average molecular weight is 306 g/mol. The van der Waals surface area contributed by atoms with Crippen molar-refractivity contribution in [2.75, 3.05) is 5.73 Å². The van der Waals surface area contributed by atoms with Crippen LogP contribution in [0.15, 0.2) is 18.6 Å². The molecule has 0 bridgehead atoms. The van der Waals surface area contributed by atoms with Gasteiger partial charge in [-0.1, -0.05) is 20.8 Å². The third kappa shape index (κ3) is 2.55. The molecule has 2 aromatic rings. The van der Waals surface area contributed by atoms with Gasteiger partial charge < -0.3 is 25.3 Å². The number of aliphatic hydroxyl groups excluding tert-OH is 2. The minimum atomic E-state index is -1.01. The van der Waals surface area contributed by atoms with Gasteiger partial charge in [0.1, 0.15) is 17.7 Å². The lowest BCUT2D eigenvalue weighted by Gasteiger charge is -2.24. The van der Waals surface area contributed by atoms with E-state index in [4.69, 9.17) is 10.5 Å². The van der Waals surface area contributed by atoms with Crippen LogP contribution in [0.3, 0.4) is 0 Å². The van der Waals surface area contributed by atoms with Gasteiger partial charge in [0.25, 0.3) is 0 Å². The first-order valence-corrected chi connectivity index (χ1v) is 7.36. The Balaban J connectivity index is 1.93. The maximum atomic E-state index is 10.4. The highest BCUT2D eigenvalue weighted by molar-refractivity contribution is 5.84. The summed E-state index contributed by atoms with van der Waals surface area (Å²) in [5.41, 5.74) is 7.08. The van der Waals surface area contributed by atoms with E-state index in [1.54, 1.807) is 23.2 Å². The van der Waals surface area contributed by atoms with E-state index < -0.39 is 24.5 Å². The van der Waals surface area contributed by atoms with Crippen molar-refractivity contribution in [2.45, 2.75) is 51.7 Å². The first kappa shape index (κ1) is 15.2. The third-order valence-electron chi connectivity index (χ3n) is 3.95. The largest absolute Gasteiger partial charge is 0.388 e. The predicted octanol–water partition coefficient (Wildman–Crippen LogP) is 1.07. The van der Waals surface area contributed by atoms with Crippen LogP contribution in [0.2, 0.25) is 0 Å². The summed E-state index contributed by atoms with van der Waals surface area (Å²) in [7, 11) is 0. The smallest absolute Gasteiger partial charge is 0.164 e. The lowest BCUT2D eigenvalue weighted by atomic mass is 9.87. The molecule has 120 valence electrons. The molecule has 0 saturated carbocycles. The molecule has 1 aliphatic rings. The first-order chi connectivity index (χ1) is 10.3. The quantitative estimate of drug-likeness (QED) is 0.766. The van der Waals surface area contributed by atoms with Crippen molar-refractivity contribution in [2.24, 2.45) is 5.41 Å². The van der Waals surface area contributed by atoms with Gasteiger partial charge in [-0.3, -0.25) is 0 Å². The fourth-order valence-electron chi connectivity index (χ4n) is 2.92. The molecule has 0 radical (unpaired) electrons. The zero-order chi connectivity index (χ0) is 16.1. The summed E-state index contributed by atoms with van der Waals surface area (Å²) in [5.74, 6) is 0.329. The fourth-order valence-corrected chi connectivity index (χ4v) is 2.92. The molecule has 1 aliphatic heterocycles. The molecule has 1 saturated heterocycles. The highest BCUT2D eigenvalue weighted by Gasteiger charge is 2.45. The molecule has 22 heavy (non-hydrogen) atoms. The molecule has 4 atom stereocenters. The van der Waals surface area contributed by atoms with E-state index in [1.165, 1.54) is 0 Å². The molecule has 7 heteroatoms. The van der Waals surface area contributed by atoms with E-state index in [0.717, 1.165) is 5.52 Å². The molecule has 3 rings (SSSR count). The molecule has 4 N–H and O–H groups in total. The molecule has 0 aromatic carbocycles. The van der Waals surface area contributed by atoms with Gasteiger partial charge in [0.05, 0.1) is 17.9 Å². The lowest BCUT2D eigenvalue weighted by molar-refractivity contribution is -0.0454. The van der Waals surface area contributed by atoms with Gasteiger partial charge in [0.15, 0.2) is 12.0 Å². The summed E-state index contributed by atoms with van der Waals surface area (Å²) in [6, 6.07) is 1.76. The number of nitrogen functional groups attached to an aromatic ring is 1. The number of nitrogens with two attached hydrogens (primary N) is 1. The van der Waals surface area contributed by atoms with Crippen LogP contribution in [0, 0.1) is 5.41 Å². The molecule has 2 aromatic heterocycles. The second-order valence-corrected chi connectivity index (χ2v) is 7.03. The summed E-state index contributed by atoms with van der Waals surface area (Å²) in [5, 5.41) is 20.6. The standard InChI is InChI=1S/C15H22N4O3/c1-15(2,3)6-9-11(20)12(21)14(22-9)19-7-18-10-8(19)4-5-17-13(10)16/h4-5,7,9,11-12,14,20-21H,6H2,1-3H3,(H2,16,17)/t9-,11-,12-,14-/m1/s1. The fraction of sp³-hybridized carbons (Fsp3) is 0.600. The Hall–Kier alpha value is -1.70. The van der Waals surface area contributed by atoms with E-state index in [9.17, 15) is 10.2 Å². The summed E-state index contributed by atoms with van der Waals surface area (Å²) >= 11 is 0. The van der Waals surface area contributed by atoms with Crippen LogP contribution in [0.4, 0.5) is 5.82 Å². The number of hydrogen-bond acceptors (Lipinski definition) is 6. The van der Waals surface area contributed by atoms with Gasteiger partial charge in [-0.15, -0.1) is 0 Å². The highest BCUT2D eigenvalue weighted by atomic mass is 16.6. The third-order valence-corrected chi connectivity index (χ3v) is 3.95. The number of hydrogen-bond donors (Lipinski definition) is 3. The normalized spacial score (nSPS) is 29.3. The van der Waals surface area contributed by atoms with Crippen LogP contribution in [0.1, 0.15) is 33.4 Å². The molecule has 0 amide bonds. The van der Waals surface area contributed by atoms with Crippen molar-refractivity contribution in [1.29, 1.82) is 0 Å². The Labute approximate surface area is 128 Å². The van der Waals surface area contributed by atoms with Gasteiger partial charge in [0, 0.05) is 6.20 Å². The molecule has 1 fully saturated rings. The second kappa shape index (κ2) is 5.19. The summed E-state index contributed by atoms with van der Waals surface area (Å²) in [4.78, 5) is 8.22. The van der Waals surface area contributed by atoms with Crippen LogP contribution in [0.5, 0.6) is 0 Å². The number of pyridine rings is 1. The van der Waals surface area contributed by atoms with Crippen molar-refractivity contribution in [3.63, 3.8) is 0 Å². The van der Waals surface area contributed by atoms with Gasteiger partial charge in [-0.05, 0) is 17.9 Å². The van der Waals surface area contributed by atoms with E-state index in [0.29, 0.717) is 17.8 Å². The Morgan fingerprint density at radius 2 is 2.00 bits per heavy atom. The maximum Gasteiger partial charge on any atom is 0.164 e. The minimum absolute atomic E-state index is 0.00832. The molecule has 0 aliphatic carbocycles. The molecular weight excluding hydrogens is 284 g/mol. The molecular formula is C15H22N4O3. The second-order valence-electron chi connectivity index (χ2n) is 7.03. The van der Waals surface area contributed by atoms with Crippen molar-refractivity contribution in [3.8, 4) is 0 Å². The number of rotatable bonds is 2. The van der Waals surface area contributed by atoms with Gasteiger partial charge >= 0.3 is 0 Å². The van der Waals surface area contributed by atoms with E-state index in [2.05, 4.69) is 30.7 Å². The zero-order valence-electron chi connectivity index (χ0n) is 13.0. The number of fused-ring (bicyclic) bond motifs is 1. The SMILES string of the molecule is CC(C)(C)C[C@H]1O[C@@H](n2cnc3c(N)nccc32)[C@H](O)[C@@H]1O. The van der Waals surface area contributed by atoms with Crippen molar-refractivity contribution < 1.29 is 14.9 Å². The van der Waals surface area contributed by atoms with Crippen LogP contribution >= 0.6 is 0 Å². The molecule has 0 spiro atoms. The summed E-state index contributed by atoms with van der Waals surface area (Å²) < 4.78 is 7.61. The number of aliphatic hydroxyl groups is 2.